The molecule has 7 rings (SSSR count). The molecule has 312 valence electrons. The predicted molar refractivity (Wildman–Crippen MR) is 247 cm³/mol. The molecule has 2 aromatic carbocycles. The van der Waals surface area contributed by atoms with E-state index in [9.17, 15) is 4.79 Å². The van der Waals surface area contributed by atoms with Gasteiger partial charge in [-0.1, -0.05) is 134 Å². The Labute approximate surface area is 349 Å². The number of rotatable bonds is 13. The molecule has 4 fully saturated rings. The summed E-state index contributed by atoms with van der Waals surface area (Å²) in [7, 11) is -3.48. The number of pyridine rings is 1. The van der Waals surface area contributed by atoms with Crippen LogP contribution in [-0.2, 0) is 9.22 Å². The first-order valence-corrected chi connectivity index (χ1v) is 29.4. The second kappa shape index (κ2) is 16.6. The normalized spacial score (nSPS) is 31.5. The Bertz CT molecular complexity index is 1830. The Morgan fingerprint density at radius 3 is 2.33 bits per heavy atom. The van der Waals surface area contributed by atoms with E-state index in [1.54, 1.807) is 0 Å². The molecule has 0 spiro atoms. The summed E-state index contributed by atoms with van der Waals surface area (Å²) in [5, 5.41) is 6.13. The van der Waals surface area contributed by atoms with Gasteiger partial charge in [-0.2, -0.15) is 0 Å². The quantitative estimate of drug-likeness (QED) is 0.175. The largest absolute Gasteiger partial charge is 0.414 e. The van der Waals surface area contributed by atoms with Crippen molar-refractivity contribution in [3.63, 3.8) is 0 Å². The first-order chi connectivity index (χ1) is 26.9. The van der Waals surface area contributed by atoms with E-state index in [1.807, 2.05) is 24.4 Å². The average Bonchev–Trinajstić information content (AvgIpc) is 3.52. The number of fused-ring (bicyclic) bond motifs is 6. The number of carbonyl (C=O) groups excluding carboxylic acids is 1. The number of carbonyl (C=O) groups is 1. The zero-order chi connectivity index (χ0) is 40.8. The van der Waals surface area contributed by atoms with Crippen molar-refractivity contribution in [1.29, 1.82) is 0 Å². The maximum atomic E-state index is 13.8. The molecule has 1 amide bonds. The van der Waals surface area contributed by atoms with Crippen molar-refractivity contribution in [2.75, 3.05) is 5.32 Å². The van der Waals surface area contributed by atoms with Gasteiger partial charge in [0, 0.05) is 24.1 Å². The van der Waals surface area contributed by atoms with E-state index in [0.29, 0.717) is 29.3 Å². The van der Waals surface area contributed by atoms with E-state index in [0.717, 1.165) is 64.6 Å². The van der Waals surface area contributed by atoms with Crippen LogP contribution in [0.25, 0.3) is 10.9 Å². The molecule has 4 aliphatic carbocycles. The second-order valence-corrected chi connectivity index (χ2v) is 32.0. The molecule has 1 N–H and O–H groups in total. The Morgan fingerprint density at radius 2 is 1.58 bits per heavy atom. The van der Waals surface area contributed by atoms with Gasteiger partial charge in [-0.25, -0.2) is 0 Å². The molecular formula is C51H78N2O2Si2. The fraction of sp³-hybridized carbons (Fsp3) is 0.686. The molecule has 4 aliphatic rings. The van der Waals surface area contributed by atoms with Crippen molar-refractivity contribution in [3.8, 4) is 0 Å². The lowest BCUT2D eigenvalue weighted by molar-refractivity contribution is -0.127. The zero-order valence-corrected chi connectivity index (χ0v) is 39.6. The Balaban J connectivity index is 0.977. The summed E-state index contributed by atoms with van der Waals surface area (Å²) >= 11 is 0. The maximum absolute atomic E-state index is 13.8. The number of benzene rings is 2. The Hall–Kier alpha value is -2.29. The van der Waals surface area contributed by atoms with Crippen LogP contribution < -0.4 is 10.5 Å². The van der Waals surface area contributed by atoms with Gasteiger partial charge in [0.2, 0.25) is 5.91 Å². The first-order valence-electron chi connectivity index (χ1n) is 23.3. The molecule has 3 aromatic rings. The molecule has 0 radical (unpaired) electrons. The Kier molecular flexibility index (Phi) is 12.5. The number of amides is 1. The number of nitrogens with zero attached hydrogens (tertiary/aromatic N) is 1. The summed E-state index contributed by atoms with van der Waals surface area (Å²) < 4.78 is 7.07. The number of para-hydroxylation sites is 1. The van der Waals surface area contributed by atoms with Crippen LogP contribution in [-0.4, -0.2) is 33.4 Å². The standard InChI is InChI=1S/C51H78N2O2Si2/c1-36(17-14-18-37(35-56(7,8)41-21-12-11-13-22-41)33-47(54)53-46-23-15-19-38-20-16-32-52-48(38)46)43-26-27-44-42-25-24-39-34-40(55-57(9,10)49(2,3)4)28-30-50(39,5)45(42)29-31-51(43,44)6/h11-13,15-16,19-23,32,36-37,39-40,42-45H,14,17-18,24-31,33-35H2,1-10H3,(H,53,54)/t36?,37?,39-,40-,42+,43?,44+,45+,50+,51-/m1/s1. The highest BCUT2D eigenvalue weighted by Crippen LogP contribution is 2.68. The third-order valence-electron chi connectivity index (χ3n) is 17.7. The van der Waals surface area contributed by atoms with E-state index in [4.69, 9.17) is 4.43 Å². The van der Waals surface area contributed by atoms with Gasteiger partial charge >= 0.3 is 0 Å². The SMILES string of the molecule is CC(CCCC(CC(=O)Nc1cccc2cccnc12)C[Si](C)(C)c1ccccc1)C1CC[C@H]2[C@@H]3CC[C@@H]4C[C@H](O[Si](C)(C)C(C)(C)C)CC[C@]4(C)[C@H]3CC[C@]12C. The second-order valence-electron chi connectivity index (χ2n) is 22.5. The smallest absolute Gasteiger partial charge is 0.224 e. The lowest BCUT2D eigenvalue weighted by Gasteiger charge is -2.61. The van der Waals surface area contributed by atoms with Crippen LogP contribution in [0.1, 0.15) is 125 Å². The fourth-order valence-corrected chi connectivity index (χ4v) is 18.0. The minimum Gasteiger partial charge on any atom is -0.414 e. The molecule has 0 aliphatic heterocycles. The van der Waals surface area contributed by atoms with Crippen LogP contribution >= 0.6 is 0 Å². The number of anilines is 1. The molecule has 10 atom stereocenters. The molecule has 4 nitrogen and oxygen atoms in total. The van der Waals surface area contributed by atoms with Crippen molar-refractivity contribution in [2.24, 2.45) is 52.3 Å². The molecule has 4 saturated carbocycles. The third-order valence-corrected chi connectivity index (χ3v) is 25.7. The predicted octanol–water partition coefficient (Wildman–Crippen LogP) is 13.7. The number of hydrogen-bond donors (Lipinski definition) is 1. The van der Waals surface area contributed by atoms with Crippen molar-refractivity contribution in [1.82, 2.24) is 4.98 Å². The third kappa shape index (κ3) is 8.81. The van der Waals surface area contributed by atoms with Crippen LogP contribution in [0.5, 0.6) is 0 Å². The number of hydrogen-bond acceptors (Lipinski definition) is 3. The topological polar surface area (TPSA) is 51.2 Å². The molecule has 6 heteroatoms. The maximum Gasteiger partial charge on any atom is 0.224 e. The average molecular weight is 807 g/mol. The number of nitrogens with one attached hydrogen (secondary N) is 1. The lowest BCUT2D eigenvalue weighted by Crippen LogP contribution is -2.55. The number of aromatic nitrogens is 1. The molecule has 57 heavy (non-hydrogen) atoms. The highest BCUT2D eigenvalue weighted by Gasteiger charge is 2.61. The lowest BCUT2D eigenvalue weighted by atomic mass is 9.44. The minimum absolute atomic E-state index is 0.131. The zero-order valence-electron chi connectivity index (χ0n) is 37.6. The summed E-state index contributed by atoms with van der Waals surface area (Å²) in [4.78, 5) is 18.4. The fourth-order valence-electron chi connectivity index (χ4n) is 13.5. The van der Waals surface area contributed by atoms with Crippen LogP contribution in [0.4, 0.5) is 5.69 Å². The minimum atomic E-state index is -1.74. The molecule has 1 heterocycles. The van der Waals surface area contributed by atoms with Crippen molar-refractivity contribution >= 4 is 44.1 Å². The molecule has 0 bridgehead atoms. The monoisotopic (exact) mass is 807 g/mol. The van der Waals surface area contributed by atoms with E-state index >= 15 is 0 Å². The van der Waals surface area contributed by atoms with Gasteiger partial charge < -0.3 is 9.74 Å². The van der Waals surface area contributed by atoms with E-state index in [2.05, 4.69) is 120 Å². The molecule has 3 unspecified atom stereocenters. The highest BCUT2D eigenvalue weighted by atomic mass is 28.4. The van der Waals surface area contributed by atoms with Crippen LogP contribution in [0.15, 0.2) is 66.9 Å². The first kappa shape index (κ1) is 42.8. The van der Waals surface area contributed by atoms with Crippen molar-refractivity contribution < 1.29 is 9.22 Å². The summed E-state index contributed by atoms with van der Waals surface area (Å²) in [6.07, 6.45) is 19.1. The van der Waals surface area contributed by atoms with E-state index < -0.39 is 16.4 Å². The Morgan fingerprint density at radius 1 is 0.860 bits per heavy atom. The van der Waals surface area contributed by atoms with Gasteiger partial charge in [-0.15, -0.1) is 0 Å². The van der Waals surface area contributed by atoms with Gasteiger partial charge in [0.1, 0.15) is 0 Å². The van der Waals surface area contributed by atoms with Crippen LogP contribution in [0.2, 0.25) is 37.3 Å². The van der Waals surface area contributed by atoms with Crippen molar-refractivity contribution in [2.45, 2.75) is 168 Å². The summed E-state index contributed by atoms with van der Waals surface area (Å²) in [6, 6.07) is 22.4. The molecule has 0 saturated heterocycles. The van der Waals surface area contributed by atoms with Gasteiger partial charge in [-0.3, -0.25) is 9.78 Å². The van der Waals surface area contributed by atoms with Gasteiger partial charge in [0.05, 0.1) is 19.3 Å². The summed E-state index contributed by atoms with van der Waals surface area (Å²) in [6.45, 7) is 25.2. The van der Waals surface area contributed by atoms with Gasteiger partial charge in [0.25, 0.3) is 0 Å². The van der Waals surface area contributed by atoms with Crippen LogP contribution in [0.3, 0.4) is 0 Å². The van der Waals surface area contributed by atoms with Gasteiger partial charge in [-0.05, 0) is 140 Å². The molecular weight excluding hydrogens is 729 g/mol. The van der Waals surface area contributed by atoms with Gasteiger partial charge in [0.15, 0.2) is 8.32 Å². The van der Waals surface area contributed by atoms with Crippen molar-refractivity contribution in [3.05, 3.63) is 66.9 Å². The summed E-state index contributed by atoms with van der Waals surface area (Å²) in [5.74, 6) is 5.66. The summed E-state index contributed by atoms with van der Waals surface area (Å²) in [5.41, 5.74) is 2.69. The van der Waals surface area contributed by atoms with E-state index in [1.165, 1.54) is 75.8 Å². The van der Waals surface area contributed by atoms with Crippen LogP contribution in [0, 0.1) is 52.3 Å². The van der Waals surface area contributed by atoms with E-state index in [-0.39, 0.29) is 10.9 Å². The highest BCUT2D eigenvalue weighted by molar-refractivity contribution is 6.89. The molecule has 1 aromatic heterocycles.